The van der Waals surface area contributed by atoms with Crippen LogP contribution in [0, 0.1) is 0 Å². The molecule has 1 heterocycles. The van der Waals surface area contributed by atoms with Crippen LogP contribution in [0.4, 0.5) is 0 Å². The minimum atomic E-state index is -0.0323. The van der Waals surface area contributed by atoms with Crippen molar-refractivity contribution in [2.75, 3.05) is 20.7 Å². The first-order valence-corrected chi connectivity index (χ1v) is 5.77. The molecule has 4 nitrogen and oxygen atoms in total. The number of carbonyl (C=O) groups excluding carboxylic acids is 1. The molecule has 0 N–H and O–H groups in total. The van der Waals surface area contributed by atoms with Gasteiger partial charge < -0.3 is 0 Å². The first-order valence-electron chi connectivity index (χ1n) is 5.77. The Morgan fingerprint density at radius 3 is 2.71 bits per heavy atom. The third-order valence-corrected chi connectivity index (χ3v) is 3.30. The molecule has 3 atom stereocenters. The molecule has 17 heavy (non-hydrogen) atoms. The van der Waals surface area contributed by atoms with Gasteiger partial charge in [0.05, 0.1) is 7.11 Å². The Morgan fingerprint density at radius 2 is 2.12 bits per heavy atom. The molecule has 4 heteroatoms. The fraction of sp³-hybridized carbons (Fsp3) is 0.462. The lowest BCUT2D eigenvalue weighted by Gasteiger charge is -2.17. The summed E-state index contributed by atoms with van der Waals surface area (Å²) in [5.74, 6) is 0.0234. The zero-order valence-electron chi connectivity index (χ0n) is 10.5. The summed E-state index contributed by atoms with van der Waals surface area (Å²) in [4.78, 5) is 18.9. The quantitative estimate of drug-likeness (QED) is 0.584. The minimum Gasteiger partial charge on any atom is -0.282 e. The van der Waals surface area contributed by atoms with Crippen molar-refractivity contribution >= 4 is 5.91 Å². The minimum absolute atomic E-state index is 0.0234. The molecule has 0 radical (unpaired) electrons. The van der Waals surface area contributed by atoms with Crippen molar-refractivity contribution in [1.29, 1.82) is 0 Å². The Labute approximate surface area is 102 Å². The van der Waals surface area contributed by atoms with Gasteiger partial charge in [-0.15, -0.1) is 0 Å². The second-order valence-corrected chi connectivity index (χ2v) is 4.32. The zero-order valence-corrected chi connectivity index (χ0v) is 10.5. The Balaban J connectivity index is 1.97. The number of amides is 1. The van der Waals surface area contributed by atoms with Gasteiger partial charge in [0.25, 0.3) is 5.91 Å². The highest BCUT2D eigenvalue weighted by molar-refractivity contribution is 5.83. The highest BCUT2D eigenvalue weighted by atomic mass is 16.7. The molecule has 2 unspecified atom stereocenters. The summed E-state index contributed by atoms with van der Waals surface area (Å²) in [5, 5.41) is 1.29. The Bertz CT molecular complexity index is 394. The van der Waals surface area contributed by atoms with E-state index in [0.29, 0.717) is 0 Å². The van der Waals surface area contributed by atoms with Crippen LogP contribution in [0.5, 0.6) is 0 Å². The van der Waals surface area contributed by atoms with Crippen LogP contribution in [-0.2, 0) is 9.63 Å². The standard InChI is InChI=1S/C13H18N2O2/c1-10(11-7-5-4-6-8-11)15-9-12(15)13(16)14(2)17-3/h4-8,10,12H,9H2,1-3H3/t10-,12?,15?/m0/s1. The molecule has 92 valence electrons. The predicted octanol–water partition coefficient (Wildman–Crippen LogP) is 1.45. The van der Waals surface area contributed by atoms with Gasteiger partial charge in [0.15, 0.2) is 0 Å². The molecule has 1 amide bonds. The number of benzene rings is 1. The van der Waals surface area contributed by atoms with Crippen LogP contribution < -0.4 is 0 Å². The van der Waals surface area contributed by atoms with Gasteiger partial charge in [-0.05, 0) is 12.5 Å². The van der Waals surface area contributed by atoms with Gasteiger partial charge in [-0.1, -0.05) is 30.3 Å². The van der Waals surface area contributed by atoms with Crippen molar-refractivity contribution in [2.24, 2.45) is 0 Å². The molecule has 0 aromatic heterocycles. The van der Waals surface area contributed by atoms with E-state index >= 15 is 0 Å². The van der Waals surface area contributed by atoms with E-state index in [2.05, 4.69) is 24.0 Å². The largest absolute Gasteiger partial charge is 0.282 e. The predicted molar refractivity (Wildman–Crippen MR) is 65.1 cm³/mol. The molecule has 0 bridgehead atoms. The molecule has 0 aliphatic carbocycles. The van der Waals surface area contributed by atoms with Gasteiger partial charge in [-0.25, -0.2) is 5.06 Å². The SMILES string of the molecule is CON(C)C(=O)C1CN1[C@@H](C)c1ccccc1. The fourth-order valence-electron chi connectivity index (χ4n) is 2.02. The van der Waals surface area contributed by atoms with Gasteiger partial charge in [0, 0.05) is 19.6 Å². The molecule has 0 saturated carbocycles. The summed E-state index contributed by atoms with van der Waals surface area (Å²) in [6, 6.07) is 10.5. The lowest BCUT2D eigenvalue weighted by atomic mass is 10.1. The lowest BCUT2D eigenvalue weighted by Crippen LogP contribution is -2.31. The van der Waals surface area contributed by atoms with E-state index in [-0.39, 0.29) is 18.0 Å². The van der Waals surface area contributed by atoms with Crippen LogP contribution >= 0.6 is 0 Å². The molecular formula is C13H18N2O2. The van der Waals surface area contributed by atoms with Crippen molar-refractivity contribution in [1.82, 2.24) is 9.96 Å². The molecule has 1 fully saturated rings. The van der Waals surface area contributed by atoms with Crippen molar-refractivity contribution < 1.29 is 9.63 Å². The topological polar surface area (TPSA) is 32.5 Å². The summed E-state index contributed by atoms with van der Waals surface area (Å²) >= 11 is 0. The second-order valence-electron chi connectivity index (χ2n) is 4.32. The number of hydrogen-bond acceptors (Lipinski definition) is 3. The van der Waals surface area contributed by atoms with Crippen LogP contribution in [0.25, 0.3) is 0 Å². The van der Waals surface area contributed by atoms with Crippen molar-refractivity contribution in [3.05, 3.63) is 35.9 Å². The summed E-state index contributed by atoms with van der Waals surface area (Å²) in [7, 11) is 3.15. The maximum atomic E-state index is 11.8. The van der Waals surface area contributed by atoms with Crippen LogP contribution in [0.15, 0.2) is 30.3 Å². The Hall–Kier alpha value is -1.39. The second kappa shape index (κ2) is 4.85. The van der Waals surface area contributed by atoms with Crippen LogP contribution in [-0.4, -0.2) is 42.6 Å². The van der Waals surface area contributed by atoms with Gasteiger partial charge >= 0.3 is 0 Å². The summed E-state index contributed by atoms with van der Waals surface area (Å²) in [6.45, 7) is 2.93. The van der Waals surface area contributed by atoms with E-state index < -0.39 is 0 Å². The first-order chi connectivity index (χ1) is 8.15. The maximum Gasteiger partial charge on any atom is 0.264 e. The fourth-order valence-corrected chi connectivity index (χ4v) is 2.02. The Kier molecular flexibility index (Phi) is 3.45. The van der Waals surface area contributed by atoms with E-state index in [9.17, 15) is 4.79 Å². The molecule has 1 aliphatic rings. The molecule has 0 spiro atoms. The molecule has 2 rings (SSSR count). The highest BCUT2D eigenvalue weighted by Crippen LogP contribution is 2.32. The van der Waals surface area contributed by atoms with Crippen LogP contribution in [0.3, 0.4) is 0 Å². The maximum absolute atomic E-state index is 11.8. The summed E-state index contributed by atoms with van der Waals surface area (Å²) in [6.07, 6.45) is 0. The van der Waals surface area contributed by atoms with Crippen LogP contribution in [0.2, 0.25) is 0 Å². The van der Waals surface area contributed by atoms with E-state index in [1.165, 1.54) is 17.7 Å². The zero-order chi connectivity index (χ0) is 12.4. The average molecular weight is 234 g/mol. The number of nitrogens with zero attached hydrogens (tertiary/aromatic N) is 2. The Morgan fingerprint density at radius 1 is 1.47 bits per heavy atom. The van der Waals surface area contributed by atoms with Gasteiger partial charge in [-0.3, -0.25) is 14.5 Å². The molecule has 1 aromatic rings. The lowest BCUT2D eigenvalue weighted by molar-refractivity contribution is -0.169. The number of carbonyl (C=O) groups is 1. The van der Waals surface area contributed by atoms with E-state index in [1.807, 2.05) is 18.2 Å². The number of rotatable bonds is 4. The molecular weight excluding hydrogens is 216 g/mol. The third kappa shape index (κ3) is 2.48. The van der Waals surface area contributed by atoms with E-state index in [0.717, 1.165) is 6.54 Å². The average Bonchev–Trinajstić information content (AvgIpc) is 3.17. The smallest absolute Gasteiger partial charge is 0.264 e. The van der Waals surface area contributed by atoms with E-state index in [4.69, 9.17) is 4.84 Å². The molecule has 1 aliphatic heterocycles. The highest BCUT2D eigenvalue weighted by Gasteiger charge is 2.45. The molecule has 1 saturated heterocycles. The van der Waals surface area contributed by atoms with Crippen molar-refractivity contribution in [3.8, 4) is 0 Å². The van der Waals surface area contributed by atoms with Crippen LogP contribution in [0.1, 0.15) is 18.5 Å². The van der Waals surface area contributed by atoms with Crippen molar-refractivity contribution in [2.45, 2.75) is 19.0 Å². The number of likely N-dealkylation sites (N-methyl/N-ethyl adjacent to an activating group) is 1. The monoisotopic (exact) mass is 234 g/mol. The molecule has 1 aromatic carbocycles. The number of hydroxylamine groups is 2. The van der Waals surface area contributed by atoms with Gasteiger partial charge in [0.2, 0.25) is 0 Å². The first kappa shape index (κ1) is 12.1. The third-order valence-electron chi connectivity index (χ3n) is 3.30. The van der Waals surface area contributed by atoms with Crippen molar-refractivity contribution in [3.63, 3.8) is 0 Å². The normalized spacial score (nSPS) is 24.2. The summed E-state index contributed by atoms with van der Waals surface area (Å²) in [5.41, 5.74) is 1.24. The van der Waals surface area contributed by atoms with Gasteiger partial charge in [0.1, 0.15) is 6.04 Å². The number of hydrogen-bond donors (Lipinski definition) is 0. The van der Waals surface area contributed by atoms with E-state index in [1.54, 1.807) is 7.05 Å². The van der Waals surface area contributed by atoms with Gasteiger partial charge in [-0.2, -0.15) is 0 Å². The summed E-state index contributed by atoms with van der Waals surface area (Å²) < 4.78 is 0.